The third kappa shape index (κ3) is 3.75. The summed E-state index contributed by atoms with van der Waals surface area (Å²) in [6, 6.07) is 4.37. The van der Waals surface area contributed by atoms with Crippen LogP contribution in [0.5, 0.6) is 0 Å². The zero-order valence-corrected chi connectivity index (χ0v) is 13.6. The van der Waals surface area contributed by atoms with Crippen molar-refractivity contribution in [3.63, 3.8) is 0 Å². The van der Waals surface area contributed by atoms with Crippen molar-refractivity contribution in [1.29, 1.82) is 0 Å². The lowest BCUT2D eigenvalue weighted by Gasteiger charge is -2.36. The lowest BCUT2D eigenvalue weighted by molar-refractivity contribution is -0.385. The SMILES string of the molecule is CCC[C@@H]1CN(c2ccc([N+](=O)[O-])cc2S(C)(=O)=O)CCN1. The second-order valence-corrected chi connectivity index (χ2v) is 7.55. The molecule has 0 aromatic heterocycles. The van der Waals surface area contributed by atoms with Crippen LogP contribution in [-0.4, -0.2) is 45.3 Å². The number of sulfone groups is 1. The molecule has 0 unspecified atom stereocenters. The standard InChI is InChI=1S/C14H21N3O4S/c1-3-4-11-10-16(8-7-15-11)13-6-5-12(17(18)19)9-14(13)22(2,20)21/h5-6,9,11,15H,3-4,7-8,10H2,1-2H3/t11-/m1/s1. The van der Waals surface area contributed by atoms with Gasteiger partial charge in [0.2, 0.25) is 0 Å². The number of nitrogens with one attached hydrogen (secondary N) is 1. The molecule has 1 aliphatic rings. The fourth-order valence-electron chi connectivity index (χ4n) is 2.76. The van der Waals surface area contributed by atoms with Gasteiger partial charge in [0.25, 0.3) is 5.69 Å². The van der Waals surface area contributed by atoms with Crippen LogP contribution in [0.2, 0.25) is 0 Å². The summed E-state index contributed by atoms with van der Waals surface area (Å²) >= 11 is 0. The molecule has 1 aliphatic heterocycles. The molecule has 0 bridgehead atoms. The molecule has 1 N–H and O–H groups in total. The van der Waals surface area contributed by atoms with Crippen molar-refractivity contribution in [3.8, 4) is 0 Å². The molecule has 22 heavy (non-hydrogen) atoms. The zero-order valence-electron chi connectivity index (χ0n) is 12.8. The molecule has 0 saturated carbocycles. The van der Waals surface area contributed by atoms with Gasteiger partial charge in [-0.2, -0.15) is 0 Å². The van der Waals surface area contributed by atoms with E-state index in [0.717, 1.165) is 31.7 Å². The molecule has 122 valence electrons. The number of nitro benzene ring substituents is 1. The van der Waals surface area contributed by atoms with Crippen LogP contribution in [0, 0.1) is 10.1 Å². The Labute approximate surface area is 130 Å². The van der Waals surface area contributed by atoms with Crippen LogP contribution in [0.15, 0.2) is 23.1 Å². The summed E-state index contributed by atoms with van der Waals surface area (Å²) in [7, 11) is -3.54. The first kappa shape index (κ1) is 16.7. The first-order chi connectivity index (χ1) is 10.3. The third-order valence-corrected chi connectivity index (χ3v) is 4.91. The minimum atomic E-state index is -3.54. The molecule has 8 heteroatoms. The fourth-order valence-corrected chi connectivity index (χ4v) is 3.67. The van der Waals surface area contributed by atoms with Crippen molar-refractivity contribution in [2.45, 2.75) is 30.7 Å². The van der Waals surface area contributed by atoms with Crippen LogP contribution in [-0.2, 0) is 9.84 Å². The first-order valence-electron chi connectivity index (χ1n) is 7.29. The Morgan fingerprint density at radius 2 is 2.18 bits per heavy atom. The molecule has 1 atom stereocenters. The van der Waals surface area contributed by atoms with Crippen molar-refractivity contribution in [3.05, 3.63) is 28.3 Å². The molecule has 1 saturated heterocycles. The molecule has 0 spiro atoms. The van der Waals surface area contributed by atoms with Gasteiger partial charge < -0.3 is 10.2 Å². The Morgan fingerprint density at radius 1 is 1.45 bits per heavy atom. The van der Waals surface area contributed by atoms with Gasteiger partial charge in [0.1, 0.15) is 0 Å². The number of benzene rings is 1. The summed E-state index contributed by atoms with van der Waals surface area (Å²) in [6.45, 7) is 4.26. The van der Waals surface area contributed by atoms with Crippen molar-refractivity contribution in [2.24, 2.45) is 0 Å². The van der Waals surface area contributed by atoms with E-state index in [4.69, 9.17) is 0 Å². The molecule has 1 aromatic rings. The van der Waals surface area contributed by atoms with E-state index in [-0.39, 0.29) is 10.6 Å². The van der Waals surface area contributed by atoms with Gasteiger partial charge in [-0.25, -0.2) is 8.42 Å². The number of anilines is 1. The number of non-ortho nitro benzene ring substituents is 1. The Balaban J connectivity index is 2.39. The van der Waals surface area contributed by atoms with Gasteiger partial charge in [-0.1, -0.05) is 13.3 Å². The number of piperazine rings is 1. The van der Waals surface area contributed by atoms with E-state index < -0.39 is 14.8 Å². The maximum absolute atomic E-state index is 12.0. The van der Waals surface area contributed by atoms with Crippen molar-refractivity contribution < 1.29 is 13.3 Å². The molecule has 7 nitrogen and oxygen atoms in total. The van der Waals surface area contributed by atoms with E-state index in [0.29, 0.717) is 24.8 Å². The average Bonchev–Trinajstić information content (AvgIpc) is 2.46. The Hall–Kier alpha value is -1.67. The van der Waals surface area contributed by atoms with Gasteiger partial charge >= 0.3 is 0 Å². The minimum absolute atomic E-state index is 0.0267. The maximum atomic E-state index is 12.0. The summed E-state index contributed by atoms with van der Waals surface area (Å²) in [4.78, 5) is 12.3. The van der Waals surface area contributed by atoms with Crippen molar-refractivity contribution in [1.82, 2.24) is 5.32 Å². The van der Waals surface area contributed by atoms with Crippen molar-refractivity contribution >= 4 is 21.2 Å². The highest BCUT2D eigenvalue weighted by atomic mass is 32.2. The second-order valence-electron chi connectivity index (χ2n) is 5.57. The van der Waals surface area contributed by atoms with Crippen molar-refractivity contribution in [2.75, 3.05) is 30.8 Å². The van der Waals surface area contributed by atoms with Gasteiger partial charge in [0.05, 0.1) is 15.5 Å². The van der Waals surface area contributed by atoms with E-state index in [1.165, 1.54) is 6.07 Å². The monoisotopic (exact) mass is 327 g/mol. The molecule has 2 rings (SSSR count). The zero-order chi connectivity index (χ0) is 16.3. The lowest BCUT2D eigenvalue weighted by atomic mass is 10.1. The Morgan fingerprint density at radius 3 is 2.77 bits per heavy atom. The second kappa shape index (κ2) is 6.62. The highest BCUT2D eigenvalue weighted by molar-refractivity contribution is 7.90. The smallest absolute Gasteiger partial charge is 0.270 e. The van der Waals surface area contributed by atoms with Crippen LogP contribution in [0.25, 0.3) is 0 Å². The summed E-state index contributed by atoms with van der Waals surface area (Å²) in [5, 5.41) is 14.3. The number of hydrogen-bond acceptors (Lipinski definition) is 6. The molecular weight excluding hydrogens is 306 g/mol. The van der Waals surface area contributed by atoms with Crippen LogP contribution >= 0.6 is 0 Å². The topological polar surface area (TPSA) is 92.5 Å². The quantitative estimate of drug-likeness (QED) is 0.652. The number of nitrogens with zero attached hydrogens (tertiary/aromatic N) is 2. The fraction of sp³-hybridized carbons (Fsp3) is 0.571. The predicted molar refractivity (Wildman–Crippen MR) is 85.1 cm³/mol. The predicted octanol–water partition coefficient (Wildman–Crippen LogP) is 1.58. The van der Waals surface area contributed by atoms with Gasteiger partial charge in [-0.3, -0.25) is 10.1 Å². The highest BCUT2D eigenvalue weighted by Crippen LogP contribution is 2.30. The summed E-state index contributed by atoms with van der Waals surface area (Å²) in [5.41, 5.74) is 0.347. The summed E-state index contributed by atoms with van der Waals surface area (Å²) in [6.07, 6.45) is 3.14. The highest BCUT2D eigenvalue weighted by Gasteiger charge is 2.25. The van der Waals surface area contributed by atoms with E-state index in [1.54, 1.807) is 6.07 Å². The minimum Gasteiger partial charge on any atom is -0.368 e. The van der Waals surface area contributed by atoms with E-state index >= 15 is 0 Å². The van der Waals surface area contributed by atoms with Crippen LogP contribution in [0.1, 0.15) is 19.8 Å². The van der Waals surface area contributed by atoms with Crippen LogP contribution in [0.4, 0.5) is 11.4 Å². The normalized spacial score (nSPS) is 19.2. The Kier molecular flexibility index (Phi) is 5.02. The van der Waals surface area contributed by atoms with E-state index in [9.17, 15) is 18.5 Å². The van der Waals surface area contributed by atoms with Gasteiger partial charge in [-0.05, 0) is 12.5 Å². The average molecular weight is 327 g/mol. The molecule has 0 radical (unpaired) electrons. The summed E-state index contributed by atoms with van der Waals surface area (Å²) in [5.74, 6) is 0. The molecule has 0 aliphatic carbocycles. The molecule has 0 amide bonds. The molecular formula is C14H21N3O4S. The van der Waals surface area contributed by atoms with Crippen LogP contribution < -0.4 is 10.2 Å². The number of hydrogen-bond donors (Lipinski definition) is 1. The van der Waals surface area contributed by atoms with Gasteiger partial charge in [0, 0.05) is 44.1 Å². The number of rotatable bonds is 5. The largest absolute Gasteiger partial charge is 0.368 e. The maximum Gasteiger partial charge on any atom is 0.270 e. The van der Waals surface area contributed by atoms with Gasteiger partial charge in [-0.15, -0.1) is 0 Å². The molecule has 1 aromatic carbocycles. The molecule has 1 fully saturated rings. The summed E-state index contributed by atoms with van der Waals surface area (Å²) < 4.78 is 24.0. The Bertz CT molecular complexity index is 658. The van der Waals surface area contributed by atoms with Gasteiger partial charge in [0.15, 0.2) is 9.84 Å². The molecule has 1 heterocycles. The lowest BCUT2D eigenvalue weighted by Crippen LogP contribution is -2.51. The van der Waals surface area contributed by atoms with E-state index in [2.05, 4.69) is 12.2 Å². The number of nitro groups is 1. The van der Waals surface area contributed by atoms with E-state index in [1.807, 2.05) is 4.90 Å². The first-order valence-corrected chi connectivity index (χ1v) is 9.19. The third-order valence-electron chi connectivity index (χ3n) is 3.79. The van der Waals surface area contributed by atoms with Crippen LogP contribution in [0.3, 0.4) is 0 Å².